The van der Waals surface area contributed by atoms with Crippen molar-refractivity contribution in [3.05, 3.63) is 69.9 Å². The molecule has 0 aromatic heterocycles. The highest BCUT2D eigenvalue weighted by molar-refractivity contribution is 6.36. The van der Waals surface area contributed by atoms with E-state index >= 15 is 0 Å². The van der Waals surface area contributed by atoms with Crippen LogP contribution in [0.1, 0.15) is 101 Å². The van der Waals surface area contributed by atoms with Crippen molar-refractivity contribution in [3.63, 3.8) is 0 Å². The summed E-state index contributed by atoms with van der Waals surface area (Å²) in [5, 5.41) is 0. The average Bonchev–Trinajstić information content (AvgIpc) is 2.72. The summed E-state index contributed by atoms with van der Waals surface area (Å²) in [6, 6.07) is 0. The van der Waals surface area contributed by atoms with E-state index in [1.54, 1.807) is 0 Å². The maximum Gasteiger partial charge on any atom is 0.906 e. The Morgan fingerprint density at radius 2 is 0.706 bits per heavy atom. The van der Waals surface area contributed by atoms with E-state index in [0.717, 1.165) is 38.5 Å². The lowest BCUT2D eigenvalue weighted by atomic mass is 10.1. The van der Waals surface area contributed by atoms with Gasteiger partial charge >= 0.3 is 15.1 Å². The van der Waals surface area contributed by atoms with Gasteiger partial charge in [0.15, 0.2) is 0 Å². The number of hydrogen-bond donors (Lipinski definition) is 0. The Hall–Kier alpha value is -1.15. The zero-order valence-electron chi connectivity index (χ0n) is 23.6. The Bertz CT molecular complexity index is 626. The highest BCUT2D eigenvalue weighted by Gasteiger charge is 2.30. The molecule has 0 aliphatic heterocycles. The van der Waals surface area contributed by atoms with Crippen LogP contribution in [0.15, 0.2) is 69.9 Å². The summed E-state index contributed by atoms with van der Waals surface area (Å²) in [5.74, 6) is 0. The SMILES string of the molecule is CC(C)=CCC/C(C)=C/C[O][Al]([O]C/C=C(\C)CCC=C(C)C)[O]C/C=C(\C)CCC=C(C)C. The van der Waals surface area contributed by atoms with Gasteiger partial charge in [-0.3, -0.25) is 0 Å². The highest BCUT2D eigenvalue weighted by atomic mass is 27.3. The fourth-order valence-electron chi connectivity index (χ4n) is 3.02. The van der Waals surface area contributed by atoms with Crippen LogP contribution in [0.25, 0.3) is 0 Å². The first kappa shape index (κ1) is 32.9. The molecule has 0 atom stereocenters. The Kier molecular flexibility index (Phi) is 20.4. The second kappa shape index (κ2) is 21.2. The third-order valence-corrected chi connectivity index (χ3v) is 6.66. The van der Waals surface area contributed by atoms with Crippen molar-refractivity contribution in [2.75, 3.05) is 19.8 Å². The summed E-state index contributed by atoms with van der Waals surface area (Å²) >= 11 is -2.21. The summed E-state index contributed by atoms with van der Waals surface area (Å²) in [6.45, 7) is 21.0. The van der Waals surface area contributed by atoms with Crippen molar-refractivity contribution in [1.82, 2.24) is 0 Å². The second-order valence-electron chi connectivity index (χ2n) is 9.90. The first-order chi connectivity index (χ1) is 16.1. The molecule has 0 aliphatic carbocycles. The van der Waals surface area contributed by atoms with Gasteiger partial charge in [0.25, 0.3) is 0 Å². The largest absolute Gasteiger partial charge is 0.906 e. The molecule has 0 N–H and O–H groups in total. The maximum absolute atomic E-state index is 6.05. The molecule has 0 fully saturated rings. The summed E-state index contributed by atoms with van der Waals surface area (Å²) < 4.78 is 18.2. The Balaban J connectivity index is 4.76. The third-order valence-electron chi connectivity index (χ3n) is 5.27. The molecule has 4 heteroatoms. The molecule has 0 saturated heterocycles. The summed E-state index contributed by atoms with van der Waals surface area (Å²) in [6.07, 6.45) is 19.7. The Morgan fingerprint density at radius 1 is 0.441 bits per heavy atom. The summed E-state index contributed by atoms with van der Waals surface area (Å²) in [7, 11) is 0. The van der Waals surface area contributed by atoms with E-state index in [0.29, 0.717) is 19.8 Å². The van der Waals surface area contributed by atoms with Crippen molar-refractivity contribution in [3.8, 4) is 0 Å². The molecule has 0 heterocycles. The van der Waals surface area contributed by atoms with Gasteiger partial charge in [-0.15, -0.1) is 0 Å². The first-order valence-electron chi connectivity index (χ1n) is 12.8. The molecule has 0 aromatic rings. The van der Waals surface area contributed by atoms with Crippen LogP contribution in [0.2, 0.25) is 0 Å². The van der Waals surface area contributed by atoms with Crippen LogP contribution in [-0.4, -0.2) is 35.0 Å². The van der Waals surface area contributed by atoms with Crippen LogP contribution in [0, 0.1) is 0 Å². The number of allylic oxidation sites excluding steroid dienone is 9. The third kappa shape index (κ3) is 22.6. The predicted molar refractivity (Wildman–Crippen MR) is 151 cm³/mol. The molecule has 0 spiro atoms. The van der Waals surface area contributed by atoms with Gasteiger partial charge in [-0.2, -0.15) is 0 Å². The lowest BCUT2D eigenvalue weighted by Crippen LogP contribution is -2.28. The molecular weight excluding hydrogens is 435 g/mol. The molecule has 0 bridgehead atoms. The second-order valence-corrected chi connectivity index (χ2v) is 11.5. The van der Waals surface area contributed by atoms with Crippen LogP contribution >= 0.6 is 0 Å². The number of rotatable bonds is 18. The average molecular weight is 487 g/mol. The van der Waals surface area contributed by atoms with Crippen molar-refractivity contribution in [1.29, 1.82) is 0 Å². The standard InChI is InChI=1S/3C10H17O.Al/c3*1-9(2)5-4-6-10(3)7-8-11;/h3*5,7H,4,6,8H2,1-3H3;/q3*-1;+3/b3*10-7+;. The molecule has 0 rings (SSSR count). The lowest BCUT2D eigenvalue weighted by Gasteiger charge is -2.12. The molecular formula is C30H51AlO3. The number of hydrogen-bond acceptors (Lipinski definition) is 3. The van der Waals surface area contributed by atoms with Gasteiger partial charge in [-0.1, -0.05) is 69.9 Å². The fourth-order valence-corrected chi connectivity index (χ4v) is 4.07. The molecule has 0 saturated carbocycles. The van der Waals surface area contributed by atoms with Gasteiger partial charge in [0.1, 0.15) is 0 Å². The van der Waals surface area contributed by atoms with E-state index in [1.807, 2.05) is 0 Å². The van der Waals surface area contributed by atoms with Crippen molar-refractivity contribution >= 4 is 15.1 Å². The predicted octanol–water partition coefficient (Wildman–Crippen LogP) is 9.10. The molecule has 192 valence electrons. The van der Waals surface area contributed by atoms with Gasteiger partial charge in [-0.05, 0) is 101 Å². The lowest BCUT2D eigenvalue weighted by molar-refractivity contribution is 0.122. The van der Waals surface area contributed by atoms with Gasteiger partial charge in [0.2, 0.25) is 0 Å². The summed E-state index contributed by atoms with van der Waals surface area (Å²) in [5.41, 5.74) is 8.13. The van der Waals surface area contributed by atoms with Gasteiger partial charge < -0.3 is 11.4 Å². The normalized spacial score (nSPS) is 12.4. The first-order valence-corrected chi connectivity index (χ1v) is 14.2. The maximum atomic E-state index is 6.05. The quantitative estimate of drug-likeness (QED) is 0.143. The Labute approximate surface area is 216 Å². The molecule has 3 nitrogen and oxygen atoms in total. The van der Waals surface area contributed by atoms with Crippen LogP contribution in [-0.2, 0) is 11.4 Å². The minimum absolute atomic E-state index is 0.546. The smallest absolute Gasteiger partial charge is 0.451 e. The molecule has 0 aromatic carbocycles. The van der Waals surface area contributed by atoms with Gasteiger partial charge in [0, 0.05) is 19.8 Å². The zero-order chi connectivity index (χ0) is 25.8. The monoisotopic (exact) mass is 486 g/mol. The van der Waals surface area contributed by atoms with Crippen LogP contribution in [0.3, 0.4) is 0 Å². The van der Waals surface area contributed by atoms with E-state index in [-0.39, 0.29) is 0 Å². The van der Waals surface area contributed by atoms with Gasteiger partial charge in [0.05, 0.1) is 0 Å². The van der Waals surface area contributed by atoms with Crippen LogP contribution < -0.4 is 0 Å². The van der Waals surface area contributed by atoms with E-state index in [9.17, 15) is 0 Å². The van der Waals surface area contributed by atoms with E-state index in [1.165, 1.54) is 33.4 Å². The van der Waals surface area contributed by atoms with E-state index in [4.69, 9.17) is 11.4 Å². The van der Waals surface area contributed by atoms with Crippen molar-refractivity contribution in [2.45, 2.75) is 101 Å². The fraction of sp³-hybridized carbons (Fsp3) is 0.600. The molecule has 34 heavy (non-hydrogen) atoms. The van der Waals surface area contributed by atoms with Crippen LogP contribution in [0.4, 0.5) is 0 Å². The molecule has 0 radical (unpaired) electrons. The molecule has 0 unspecified atom stereocenters. The van der Waals surface area contributed by atoms with Crippen molar-refractivity contribution in [2.24, 2.45) is 0 Å². The highest BCUT2D eigenvalue weighted by Crippen LogP contribution is 2.10. The zero-order valence-corrected chi connectivity index (χ0v) is 24.8. The molecule has 0 amide bonds. The minimum atomic E-state index is -2.21. The topological polar surface area (TPSA) is 27.7 Å². The van der Waals surface area contributed by atoms with Crippen molar-refractivity contribution < 1.29 is 11.4 Å². The van der Waals surface area contributed by atoms with Gasteiger partial charge in [-0.25, -0.2) is 0 Å². The van der Waals surface area contributed by atoms with E-state index in [2.05, 4.69) is 98.8 Å². The minimum Gasteiger partial charge on any atom is -0.451 e. The summed E-state index contributed by atoms with van der Waals surface area (Å²) in [4.78, 5) is 0. The van der Waals surface area contributed by atoms with Crippen LogP contribution in [0.5, 0.6) is 0 Å². The molecule has 0 aliphatic rings. The van der Waals surface area contributed by atoms with E-state index < -0.39 is 15.1 Å². The Morgan fingerprint density at radius 3 is 0.941 bits per heavy atom.